The van der Waals surface area contributed by atoms with E-state index < -0.39 is 17.9 Å². The summed E-state index contributed by atoms with van der Waals surface area (Å²) in [5.41, 5.74) is 6.35. The van der Waals surface area contributed by atoms with Crippen molar-refractivity contribution in [2.24, 2.45) is 0 Å². The highest BCUT2D eigenvalue weighted by Gasteiger charge is 2.19. The first-order valence-electron chi connectivity index (χ1n) is 8.38. The van der Waals surface area contributed by atoms with Gasteiger partial charge in [-0.1, -0.05) is 12.1 Å². The SMILES string of the molecule is C[C@H](Oc1ccc(F)cc1)C(=O)NNC(=O)c1ccc(C2SCCS2)cc1. The molecule has 0 radical (unpaired) electrons. The molecule has 1 aliphatic heterocycles. The lowest BCUT2D eigenvalue weighted by Gasteiger charge is -2.15. The van der Waals surface area contributed by atoms with Crippen LogP contribution < -0.4 is 15.6 Å². The summed E-state index contributed by atoms with van der Waals surface area (Å²) in [4.78, 5) is 24.2. The quantitative estimate of drug-likeness (QED) is 0.744. The summed E-state index contributed by atoms with van der Waals surface area (Å²) < 4.78 is 18.7. The van der Waals surface area contributed by atoms with E-state index in [1.54, 1.807) is 12.1 Å². The number of halogens is 1. The van der Waals surface area contributed by atoms with Crippen LogP contribution in [0.1, 0.15) is 27.4 Å². The number of rotatable bonds is 5. The van der Waals surface area contributed by atoms with Gasteiger partial charge in [-0.05, 0) is 48.9 Å². The maximum Gasteiger partial charge on any atom is 0.279 e. The van der Waals surface area contributed by atoms with Crippen LogP contribution in [0.25, 0.3) is 0 Å². The molecule has 3 rings (SSSR count). The molecule has 0 spiro atoms. The summed E-state index contributed by atoms with van der Waals surface area (Å²) in [5.74, 6) is 1.34. The van der Waals surface area contributed by atoms with Gasteiger partial charge < -0.3 is 4.74 Å². The first-order valence-corrected chi connectivity index (χ1v) is 10.5. The topological polar surface area (TPSA) is 67.4 Å². The highest BCUT2D eigenvalue weighted by atomic mass is 32.2. The highest BCUT2D eigenvalue weighted by Crippen LogP contribution is 2.45. The number of hydrazine groups is 1. The van der Waals surface area contributed by atoms with E-state index in [1.165, 1.54) is 36.8 Å². The molecule has 1 fully saturated rings. The van der Waals surface area contributed by atoms with Crippen LogP contribution in [0, 0.1) is 5.82 Å². The number of amides is 2. The minimum absolute atomic E-state index is 0.364. The molecule has 2 N–H and O–H groups in total. The van der Waals surface area contributed by atoms with Crippen molar-refractivity contribution in [3.63, 3.8) is 0 Å². The molecule has 2 amide bonds. The lowest BCUT2D eigenvalue weighted by molar-refractivity contribution is -0.128. The van der Waals surface area contributed by atoms with Crippen molar-refractivity contribution in [2.45, 2.75) is 17.6 Å². The second-order valence-corrected chi connectivity index (χ2v) is 8.58. The van der Waals surface area contributed by atoms with Crippen molar-refractivity contribution < 1.29 is 18.7 Å². The van der Waals surface area contributed by atoms with Gasteiger partial charge in [-0.25, -0.2) is 4.39 Å². The third-order valence-corrected chi connectivity index (χ3v) is 6.97. The van der Waals surface area contributed by atoms with E-state index in [4.69, 9.17) is 4.74 Å². The summed E-state index contributed by atoms with van der Waals surface area (Å²) in [6, 6.07) is 12.7. The Hall–Kier alpha value is -2.19. The Labute approximate surface area is 165 Å². The average Bonchev–Trinajstić information content (AvgIpc) is 3.22. The van der Waals surface area contributed by atoms with Crippen LogP contribution in [0.3, 0.4) is 0 Å². The number of thioether (sulfide) groups is 2. The molecule has 1 aliphatic rings. The summed E-state index contributed by atoms with van der Waals surface area (Å²) in [7, 11) is 0. The molecule has 1 atom stereocenters. The Kier molecular flexibility index (Phi) is 6.63. The van der Waals surface area contributed by atoms with E-state index >= 15 is 0 Å². The Morgan fingerprint density at radius 3 is 2.30 bits per heavy atom. The van der Waals surface area contributed by atoms with Gasteiger partial charge in [0, 0.05) is 17.1 Å². The predicted octanol–water partition coefficient (Wildman–Crippen LogP) is 3.53. The lowest BCUT2D eigenvalue weighted by atomic mass is 10.1. The van der Waals surface area contributed by atoms with E-state index in [0.29, 0.717) is 15.9 Å². The van der Waals surface area contributed by atoms with Crippen molar-refractivity contribution in [1.29, 1.82) is 0 Å². The van der Waals surface area contributed by atoms with E-state index in [0.717, 1.165) is 11.5 Å². The molecule has 5 nitrogen and oxygen atoms in total. The van der Waals surface area contributed by atoms with E-state index in [1.807, 2.05) is 35.7 Å². The molecule has 0 bridgehead atoms. The molecule has 8 heteroatoms. The van der Waals surface area contributed by atoms with Crippen LogP contribution in [-0.4, -0.2) is 29.4 Å². The molecule has 0 aromatic heterocycles. The average molecular weight is 407 g/mol. The van der Waals surface area contributed by atoms with Gasteiger partial charge in [0.05, 0.1) is 4.58 Å². The maximum atomic E-state index is 12.9. The van der Waals surface area contributed by atoms with Gasteiger partial charge in [-0.15, -0.1) is 23.5 Å². The summed E-state index contributed by atoms with van der Waals surface area (Å²) in [5, 5.41) is 0. The van der Waals surface area contributed by atoms with Crippen molar-refractivity contribution in [3.05, 3.63) is 65.5 Å². The fourth-order valence-electron chi connectivity index (χ4n) is 2.41. The Bertz CT molecular complexity index is 794. The first-order chi connectivity index (χ1) is 13.0. The first kappa shape index (κ1) is 19.6. The Morgan fingerprint density at radius 2 is 1.67 bits per heavy atom. The lowest BCUT2D eigenvalue weighted by Crippen LogP contribution is -2.47. The summed E-state index contributed by atoms with van der Waals surface area (Å²) >= 11 is 3.80. The van der Waals surface area contributed by atoms with Crippen LogP contribution in [-0.2, 0) is 4.79 Å². The Balaban J connectivity index is 1.48. The van der Waals surface area contributed by atoms with Crippen LogP contribution >= 0.6 is 23.5 Å². The van der Waals surface area contributed by atoms with Crippen molar-refractivity contribution >= 4 is 35.3 Å². The van der Waals surface area contributed by atoms with E-state index in [2.05, 4.69) is 10.9 Å². The summed E-state index contributed by atoms with van der Waals surface area (Å²) in [6.07, 6.45) is -0.852. The number of nitrogens with one attached hydrogen (secondary N) is 2. The van der Waals surface area contributed by atoms with Gasteiger partial charge in [-0.2, -0.15) is 0 Å². The van der Waals surface area contributed by atoms with E-state index in [9.17, 15) is 14.0 Å². The fourth-order valence-corrected chi connectivity index (χ4v) is 5.26. The second kappa shape index (κ2) is 9.14. The van der Waals surface area contributed by atoms with Gasteiger partial charge in [0.1, 0.15) is 11.6 Å². The summed E-state index contributed by atoms with van der Waals surface area (Å²) in [6.45, 7) is 1.54. The minimum Gasteiger partial charge on any atom is -0.481 e. The highest BCUT2D eigenvalue weighted by molar-refractivity contribution is 8.19. The van der Waals surface area contributed by atoms with Gasteiger partial charge in [0.2, 0.25) is 0 Å². The van der Waals surface area contributed by atoms with Crippen molar-refractivity contribution in [3.8, 4) is 5.75 Å². The normalized spacial score (nSPS) is 15.2. The molecule has 2 aromatic carbocycles. The monoisotopic (exact) mass is 406 g/mol. The molecular formula is C19H19FN2O3S2. The number of benzene rings is 2. The molecular weight excluding hydrogens is 387 g/mol. The number of ether oxygens (including phenoxy) is 1. The largest absolute Gasteiger partial charge is 0.481 e. The maximum absolute atomic E-state index is 12.9. The molecule has 142 valence electrons. The number of hydrogen-bond donors (Lipinski definition) is 2. The van der Waals surface area contributed by atoms with Gasteiger partial charge in [0.15, 0.2) is 6.10 Å². The smallest absolute Gasteiger partial charge is 0.279 e. The standard InChI is InChI=1S/C19H19FN2O3S2/c1-12(25-16-8-6-15(20)7-9-16)17(23)21-22-18(24)13-2-4-14(5-3-13)19-26-10-11-27-19/h2-9,12,19H,10-11H2,1H3,(H,21,23)(H,22,24)/t12-/m0/s1. The second-order valence-electron chi connectivity index (χ2n) is 5.85. The zero-order valence-electron chi connectivity index (χ0n) is 14.6. The number of carbonyl (C=O) groups excluding carboxylic acids is 2. The number of hydrogen-bond acceptors (Lipinski definition) is 5. The zero-order chi connectivity index (χ0) is 19.2. The molecule has 0 unspecified atom stereocenters. The molecule has 2 aromatic rings. The van der Waals surface area contributed by atoms with Crippen molar-refractivity contribution in [2.75, 3.05) is 11.5 Å². The van der Waals surface area contributed by atoms with Crippen LogP contribution in [0.4, 0.5) is 4.39 Å². The molecule has 0 saturated carbocycles. The van der Waals surface area contributed by atoms with Crippen LogP contribution in [0.2, 0.25) is 0 Å². The van der Waals surface area contributed by atoms with E-state index in [-0.39, 0.29) is 5.82 Å². The Morgan fingerprint density at radius 1 is 1.04 bits per heavy atom. The molecule has 27 heavy (non-hydrogen) atoms. The molecule has 1 heterocycles. The molecule has 0 aliphatic carbocycles. The third kappa shape index (κ3) is 5.40. The van der Waals surface area contributed by atoms with Gasteiger partial charge in [-0.3, -0.25) is 20.4 Å². The van der Waals surface area contributed by atoms with Crippen LogP contribution in [0.15, 0.2) is 48.5 Å². The van der Waals surface area contributed by atoms with Gasteiger partial charge in [0.25, 0.3) is 11.8 Å². The third-order valence-electron chi connectivity index (χ3n) is 3.86. The molecule has 1 saturated heterocycles. The van der Waals surface area contributed by atoms with Crippen LogP contribution in [0.5, 0.6) is 5.75 Å². The predicted molar refractivity (Wildman–Crippen MR) is 106 cm³/mol. The number of carbonyl (C=O) groups is 2. The fraction of sp³-hybridized carbons (Fsp3) is 0.263. The zero-order valence-corrected chi connectivity index (χ0v) is 16.2. The van der Waals surface area contributed by atoms with Crippen molar-refractivity contribution in [1.82, 2.24) is 10.9 Å². The van der Waals surface area contributed by atoms with Gasteiger partial charge >= 0.3 is 0 Å². The minimum atomic E-state index is -0.852.